The number of anilines is 1. The van der Waals surface area contributed by atoms with Gasteiger partial charge in [0.15, 0.2) is 5.43 Å². The van der Waals surface area contributed by atoms with Gasteiger partial charge in [-0.05, 0) is 37.3 Å². The molecule has 0 aliphatic carbocycles. The first-order chi connectivity index (χ1) is 11.4. The number of benzene rings is 2. The molecule has 7 nitrogen and oxygen atoms in total. The first-order valence-electron chi connectivity index (χ1n) is 7.13. The second kappa shape index (κ2) is 5.96. The lowest BCUT2D eigenvalue weighted by Crippen LogP contribution is -2.12. The molecule has 3 rings (SSSR count). The van der Waals surface area contributed by atoms with Crippen molar-refractivity contribution in [2.45, 2.75) is 6.92 Å². The number of carbonyl (C=O) groups is 1. The number of aryl methyl sites for hydroxylation is 1. The molecule has 0 fully saturated rings. The molecule has 0 atom stereocenters. The number of aromatic nitrogens is 1. The van der Waals surface area contributed by atoms with Gasteiger partial charge >= 0.3 is 0 Å². The number of amides is 1. The topological polar surface area (TPSA) is 105 Å². The summed E-state index contributed by atoms with van der Waals surface area (Å²) in [6.45, 7) is 1.80. The number of hydrogen-bond donors (Lipinski definition) is 2. The maximum atomic E-state index is 12.2. The Bertz CT molecular complexity index is 1010. The molecular formula is C17H13N3O4. The van der Waals surface area contributed by atoms with Gasteiger partial charge in [-0.15, -0.1) is 0 Å². The summed E-state index contributed by atoms with van der Waals surface area (Å²) in [5, 5.41) is 13.8. The van der Waals surface area contributed by atoms with Crippen molar-refractivity contribution in [3.8, 4) is 0 Å². The summed E-state index contributed by atoms with van der Waals surface area (Å²) in [4.78, 5) is 37.4. The highest BCUT2D eigenvalue weighted by molar-refractivity contribution is 6.05. The van der Waals surface area contributed by atoms with E-state index in [9.17, 15) is 19.7 Å². The monoisotopic (exact) mass is 323 g/mol. The average Bonchev–Trinajstić information content (AvgIpc) is 2.55. The number of nitro benzene ring substituents is 1. The van der Waals surface area contributed by atoms with Crippen molar-refractivity contribution < 1.29 is 9.72 Å². The number of non-ortho nitro benzene ring substituents is 1. The normalized spacial score (nSPS) is 10.5. The quantitative estimate of drug-likeness (QED) is 0.571. The molecule has 0 saturated carbocycles. The fourth-order valence-corrected chi connectivity index (χ4v) is 2.40. The van der Waals surface area contributed by atoms with Crippen molar-refractivity contribution in [3.05, 3.63) is 80.1 Å². The van der Waals surface area contributed by atoms with Crippen LogP contribution < -0.4 is 10.7 Å². The van der Waals surface area contributed by atoms with Gasteiger partial charge in [0.25, 0.3) is 11.6 Å². The van der Waals surface area contributed by atoms with Crippen molar-refractivity contribution in [2.75, 3.05) is 5.32 Å². The highest BCUT2D eigenvalue weighted by atomic mass is 16.6. The molecule has 0 saturated heterocycles. The van der Waals surface area contributed by atoms with E-state index in [4.69, 9.17) is 0 Å². The number of carbonyl (C=O) groups excluding carboxylic acids is 1. The van der Waals surface area contributed by atoms with Crippen LogP contribution in [0.2, 0.25) is 0 Å². The van der Waals surface area contributed by atoms with Crippen LogP contribution in [0.15, 0.2) is 53.3 Å². The van der Waals surface area contributed by atoms with E-state index in [1.807, 2.05) is 0 Å². The van der Waals surface area contributed by atoms with E-state index < -0.39 is 10.8 Å². The third-order valence-electron chi connectivity index (χ3n) is 3.56. The zero-order valence-corrected chi connectivity index (χ0v) is 12.7. The van der Waals surface area contributed by atoms with Gasteiger partial charge in [-0.1, -0.05) is 0 Å². The molecule has 7 heteroatoms. The molecule has 120 valence electrons. The second-order valence-corrected chi connectivity index (χ2v) is 5.34. The molecule has 0 radical (unpaired) electrons. The molecule has 1 amide bonds. The minimum atomic E-state index is -0.528. The van der Waals surface area contributed by atoms with Gasteiger partial charge in [0, 0.05) is 46.0 Å². The number of nitrogens with one attached hydrogen (secondary N) is 2. The van der Waals surface area contributed by atoms with Crippen LogP contribution in [-0.2, 0) is 0 Å². The molecule has 0 bridgehead atoms. The molecule has 2 N–H and O–H groups in total. The van der Waals surface area contributed by atoms with Crippen LogP contribution in [-0.4, -0.2) is 15.8 Å². The predicted octanol–water partition coefficient (Wildman–Crippen LogP) is 3.00. The number of nitro groups is 1. The van der Waals surface area contributed by atoms with Crippen molar-refractivity contribution in [1.29, 1.82) is 0 Å². The summed E-state index contributed by atoms with van der Waals surface area (Å²) in [5.74, 6) is -0.409. The molecule has 2 aromatic carbocycles. The van der Waals surface area contributed by atoms with Crippen LogP contribution in [0, 0.1) is 17.0 Å². The van der Waals surface area contributed by atoms with Crippen molar-refractivity contribution in [2.24, 2.45) is 0 Å². The van der Waals surface area contributed by atoms with Gasteiger partial charge in [-0.2, -0.15) is 0 Å². The van der Waals surface area contributed by atoms with E-state index in [2.05, 4.69) is 10.3 Å². The van der Waals surface area contributed by atoms with E-state index in [-0.39, 0.29) is 11.1 Å². The Labute approximate surface area is 136 Å². The molecule has 0 spiro atoms. The first kappa shape index (κ1) is 15.4. The fourth-order valence-electron chi connectivity index (χ4n) is 2.40. The van der Waals surface area contributed by atoms with Gasteiger partial charge in [0.1, 0.15) is 0 Å². The van der Waals surface area contributed by atoms with E-state index in [1.165, 1.54) is 30.3 Å². The van der Waals surface area contributed by atoms with Crippen molar-refractivity contribution >= 4 is 28.2 Å². The lowest BCUT2D eigenvalue weighted by molar-refractivity contribution is -0.384. The number of nitrogens with zero attached hydrogens (tertiary/aromatic N) is 1. The molecular weight excluding hydrogens is 310 g/mol. The Hall–Kier alpha value is -3.48. The highest BCUT2D eigenvalue weighted by Crippen LogP contribution is 2.17. The van der Waals surface area contributed by atoms with E-state index in [1.54, 1.807) is 25.1 Å². The van der Waals surface area contributed by atoms with Crippen LogP contribution in [0.4, 0.5) is 11.4 Å². The Morgan fingerprint density at radius 2 is 1.83 bits per heavy atom. The Balaban J connectivity index is 1.87. The van der Waals surface area contributed by atoms with Crippen LogP contribution in [0.1, 0.15) is 16.1 Å². The Morgan fingerprint density at radius 3 is 2.50 bits per heavy atom. The lowest BCUT2D eigenvalue weighted by atomic mass is 10.1. The average molecular weight is 323 g/mol. The van der Waals surface area contributed by atoms with Crippen molar-refractivity contribution in [3.63, 3.8) is 0 Å². The third-order valence-corrected chi connectivity index (χ3v) is 3.56. The highest BCUT2D eigenvalue weighted by Gasteiger charge is 2.10. The summed E-state index contributed by atoms with van der Waals surface area (Å²) in [6, 6.07) is 11.8. The summed E-state index contributed by atoms with van der Waals surface area (Å²) in [5.41, 5.74) is 1.99. The van der Waals surface area contributed by atoms with Crippen LogP contribution in [0.3, 0.4) is 0 Å². The zero-order valence-electron chi connectivity index (χ0n) is 12.7. The standard InChI is InChI=1S/C17H13N3O4/c1-10-8-16(21)14-9-12(4-7-15(14)18-10)19-17(22)11-2-5-13(6-3-11)20(23)24/h2-9H,1H3,(H,18,21)(H,19,22). The minimum Gasteiger partial charge on any atom is -0.358 e. The molecule has 0 unspecified atom stereocenters. The molecule has 24 heavy (non-hydrogen) atoms. The number of rotatable bonds is 3. The second-order valence-electron chi connectivity index (χ2n) is 5.34. The van der Waals surface area contributed by atoms with Gasteiger partial charge in [-0.3, -0.25) is 19.7 Å². The molecule has 1 heterocycles. The van der Waals surface area contributed by atoms with Crippen molar-refractivity contribution in [1.82, 2.24) is 4.98 Å². The van der Waals surface area contributed by atoms with Crippen LogP contribution in [0.5, 0.6) is 0 Å². The zero-order chi connectivity index (χ0) is 17.3. The van der Waals surface area contributed by atoms with Crippen LogP contribution in [0.25, 0.3) is 10.9 Å². The third kappa shape index (κ3) is 3.00. The SMILES string of the molecule is Cc1cc(=O)c2cc(NC(=O)c3ccc([N+](=O)[O-])cc3)ccc2[nH]1. The number of hydrogen-bond acceptors (Lipinski definition) is 4. The Morgan fingerprint density at radius 1 is 1.12 bits per heavy atom. The number of H-pyrrole nitrogens is 1. The smallest absolute Gasteiger partial charge is 0.269 e. The summed E-state index contributed by atoms with van der Waals surface area (Å²) in [6.07, 6.45) is 0. The largest absolute Gasteiger partial charge is 0.358 e. The number of aromatic amines is 1. The van der Waals surface area contributed by atoms with Gasteiger partial charge < -0.3 is 10.3 Å². The Kier molecular flexibility index (Phi) is 3.83. The molecule has 0 aliphatic heterocycles. The maximum Gasteiger partial charge on any atom is 0.269 e. The predicted molar refractivity (Wildman–Crippen MR) is 90.4 cm³/mol. The fraction of sp³-hybridized carbons (Fsp3) is 0.0588. The first-order valence-corrected chi connectivity index (χ1v) is 7.13. The molecule has 0 aliphatic rings. The summed E-state index contributed by atoms with van der Waals surface area (Å²) in [7, 11) is 0. The van der Waals surface area contributed by atoms with Gasteiger partial charge in [0.2, 0.25) is 0 Å². The van der Waals surface area contributed by atoms with E-state index in [0.29, 0.717) is 22.2 Å². The summed E-state index contributed by atoms with van der Waals surface area (Å²) >= 11 is 0. The lowest BCUT2D eigenvalue weighted by Gasteiger charge is -2.07. The van der Waals surface area contributed by atoms with Crippen LogP contribution >= 0.6 is 0 Å². The number of fused-ring (bicyclic) bond motifs is 1. The molecule has 3 aromatic rings. The van der Waals surface area contributed by atoms with Gasteiger partial charge in [-0.25, -0.2) is 0 Å². The number of pyridine rings is 1. The van der Waals surface area contributed by atoms with Gasteiger partial charge in [0.05, 0.1) is 4.92 Å². The van der Waals surface area contributed by atoms with E-state index >= 15 is 0 Å². The maximum absolute atomic E-state index is 12.2. The van der Waals surface area contributed by atoms with E-state index in [0.717, 1.165) is 5.69 Å². The molecule has 1 aromatic heterocycles. The summed E-state index contributed by atoms with van der Waals surface area (Å²) < 4.78 is 0. The minimum absolute atomic E-state index is 0.0841.